The Morgan fingerprint density at radius 1 is 1.42 bits per heavy atom. The Labute approximate surface area is 145 Å². The van der Waals surface area contributed by atoms with Gasteiger partial charge in [0, 0.05) is 11.8 Å². The highest BCUT2D eigenvalue weighted by Crippen LogP contribution is 2.64. The Hall–Kier alpha value is -1.38. The summed E-state index contributed by atoms with van der Waals surface area (Å²) in [6.45, 7) is 12.0. The van der Waals surface area contributed by atoms with Crippen LogP contribution in [0.4, 0.5) is 0 Å². The zero-order valence-corrected chi connectivity index (χ0v) is 15.5. The first-order valence-electron chi connectivity index (χ1n) is 9.19. The smallest absolute Gasteiger partial charge is 0.306 e. The highest BCUT2D eigenvalue weighted by molar-refractivity contribution is 5.96. The summed E-state index contributed by atoms with van der Waals surface area (Å²) >= 11 is 0. The highest BCUT2D eigenvalue weighted by atomic mass is 16.6. The number of carbonyl (C=O) groups excluding carboxylic acids is 2. The van der Waals surface area contributed by atoms with Gasteiger partial charge in [0.1, 0.15) is 5.60 Å². The summed E-state index contributed by atoms with van der Waals surface area (Å²) in [7, 11) is 0. The number of esters is 1. The quantitative estimate of drug-likeness (QED) is 0.560. The van der Waals surface area contributed by atoms with E-state index in [4.69, 9.17) is 4.74 Å². The molecule has 0 saturated heterocycles. The lowest BCUT2D eigenvalue weighted by Crippen LogP contribution is -2.54. The molecule has 3 unspecified atom stereocenters. The van der Waals surface area contributed by atoms with Crippen LogP contribution in [0.2, 0.25) is 0 Å². The third kappa shape index (κ3) is 2.87. The summed E-state index contributed by atoms with van der Waals surface area (Å²) in [5.74, 6) is 0.858. The fraction of sp³-hybridized carbons (Fsp3) is 0.714. The molecule has 0 N–H and O–H groups in total. The number of ketones is 1. The number of hydrogen-bond donors (Lipinski definition) is 0. The molecule has 0 heterocycles. The Kier molecular flexibility index (Phi) is 4.05. The van der Waals surface area contributed by atoms with Gasteiger partial charge in [0.05, 0.1) is 0 Å². The van der Waals surface area contributed by atoms with E-state index in [1.54, 1.807) is 6.08 Å². The van der Waals surface area contributed by atoms with Crippen molar-refractivity contribution in [1.82, 2.24) is 0 Å². The molecule has 4 atom stereocenters. The van der Waals surface area contributed by atoms with Crippen molar-refractivity contribution in [2.24, 2.45) is 22.7 Å². The summed E-state index contributed by atoms with van der Waals surface area (Å²) in [5, 5.41) is 0. The minimum atomic E-state index is -0.475. The molecule has 2 bridgehead atoms. The second-order valence-electron chi connectivity index (χ2n) is 9.29. The highest BCUT2D eigenvalue weighted by Gasteiger charge is 2.58. The van der Waals surface area contributed by atoms with E-state index >= 15 is 0 Å². The SMILES string of the molecule is C=C1CC23C=CC(=O)[C@@](C)(CCC(=O)OC(C)(C)C)C2CC1CC3. The number of carbonyl (C=O) groups is 2. The van der Waals surface area contributed by atoms with E-state index in [1.807, 2.05) is 20.8 Å². The summed E-state index contributed by atoms with van der Waals surface area (Å²) in [6.07, 6.45) is 9.22. The Morgan fingerprint density at radius 2 is 2.12 bits per heavy atom. The maximum atomic E-state index is 12.8. The molecule has 4 aliphatic rings. The lowest BCUT2D eigenvalue weighted by molar-refractivity contribution is -0.156. The molecule has 0 aromatic heterocycles. The first kappa shape index (κ1) is 17.4. The number of hydrogen-bond acceptors (Lipinski definition) is 3. The first-order chi connectivity index (χ1) is 11.1. The maximum Gasteiger partial charge on any atom is 0.306 e. The summed E-state index contributed by atoms with van der Waals surface area (Å²) in [5.41, 5.74) is 0.510. The Morgan fingerprint density at radius 3 is 2.75 bits per heavy atom. The molecule has 4 rings (SSSR count). The summed E-state index contributed by atoms with van der Waals surface area (Å²) < 4.78 is 5.44. The van der Waals surface area contributed by atoms with Crippen molar-refractivity contribution >= 4 is 11.8 Å². The second kappa shape index (κ2) is 5.57. The molecule has 3 nitrogen and oxygen atoms in total. The number of allylic oxidation sites excluding steroid dienone is 3. The average Bonchev–Trinajstić information content (AvgIpc) is 2.48. The molecule has 0 amide bonds. The van der Waals surface area contributed by atoms with Crippen molar-refractivity contribution < 1.29 is 14.3 Å². The van der Waals surface area contributed by atoms with E-state index in [2.05, 4.69) is 19.6 Å². The van der Waals surface area contributed by atoms with Crippen molar-refractivity contribution in [2.75, 3.05) is 0 Å². The predicted molar refractivity (Wildman–Crippen MR) is 94.4 cm³/mol. The van der Waals surface area contributed by atoms with Gasteiger partial charge >= 0.3 is 5.97 Å². The fourth-order valence-electron chi connectivity index (χ4n) is 5.21. The van der Waals surface area contributed by atoms with Crippen LogP contribution in [0.1, 0.15) is 66.2 Å². The molecular weight excluding hydrogens is 300 g/mol. The van der Waals surface area contributed by atoms with Gasteiger partial charge < -0.3 is 4.74 Å². The minimum absolute atomic E-state index is 0.0857. The molecule has 3 saturated carbocycles. The monoisotopic (exact) mass is 330 g/mol. The van der Waals surface area contributed by atoms with E-state index in [0.717, 1.165) is 19.3 Å². The fourth-order valence-corrected chi connectivity index (χ4v) is 5.21. The van der Waals surface area contributed by atoms with Crippen LogP contribution in [0.15, 0.2) is 24.3 Å². The zero-order valence-electron chi connectivity index (χ0n) is 15.5. The minimum Gasteiger partial charge on any atom is -0.460 e. The Balaban J connectivity index is 1.79. The lowest BCUT2D eigenvalue weighted by Gasteiger charge is -2.59. The van der Waals surface area contributed by atoms with Gasteiger partial charge in [0.2, 0.25) is 0 Å². The van der Waals surface area contributed by atoms with Gasteiger partial charge in [0.15, 0.2) is 5.78 Å². The molecule has 0 radical (unpaired) electrons. The van der Waals surface area contributed by atoms with Gasteiger partial charge in [0.25, 0.3) is 0 Å². The van der Waals surface area contributed by atoms with Crippen LogP contribution < -0.4 is 0 Å². The van der Waals surface area contributed by atoms with Crippen LogP contribution in [0.25, 0.3) is 0 Å². The van der Waals surface area contributed by atoms with Crippen LogP contribution in [-0.4, -0.2) is 17.4 Å². The van der Waals surface area contributed by atoms with Gasteiger partial charge in [-0.25, -0.2) is 0 Å². The van der Waals surface area contributed by atoms with Crippen molar-refractivity contribution in [3.05, 3.63) is 24.3 Å². The Bertz CT molecular complexity index is 609. The van der Waals surface area contributed by atoms with E-state index in [9.17, 15) is 9.59 Å². The van der Waals surface area contributed by atoms with Crippen molar-refractivity contribution in [2.45, 2.75) is 71.8 Å². The van der Waals surface area contributed by atoms with Gasteiger partial charge in [-0.05, 0) is 76.2 Å². The van der Waals surface area contributed by atoms with E-state index < -0.39 is 11.0 Å². The second-order valence-corrected chi connectivity index (χ2v) is 9.29. The van der Waals surface area contributed by atoms with Crippen LogP contribution in [0.3, 0.4) is 0 Å². The van der Waals surface area contributed by atoms with Crippen LogP contribution in [0.5, 0.6) is 0 Å². The third-order valence-corrected chi connectivity index (χ3v) is 6.47. The third-order valence-electron chi connectivity index (χ3n) is 6.47. The maximum absolute atomic E-state index is 12.8. The topological polar surface area (TPSA) is 43.4 Å². The summed E-state index contributed by atoms with van der Waals surface area (Å²) in [6, 6.07) is 0. The number of fused-ring (bicyclic) bond motifs is 2. The van der Waals surface area contributed by atoms with Crippen molar-refractivity contribution in [3.63, 3.8) is 0 Å². The molecule has 3 heteroatoms. The lowest BCUT2D eigenvalue weighted by atomic mass is 9.44. The van der Waals surface area contributed by atoms with Gasteiger partial charge in [-0.1, -0.05) is 25.2 Å². The summed E-state index contributed by atoms with van der Waals surface area (Å²) in [4.78, 5) is 24.9. The van der Waals surface area contributed by atoms with Gasteiger partial charge in [-0.3, -0.25) is 9.59 Å². The van der Waals surface area contributed by atoms with Crippen LogP contribution >= 0.6 is 0 Å². The molecular formula is C21H30O3. The first-order valence-corrected chi connectivity index (χ1v) is 9.19. The molecule has 4 aliphatic carbocycles. The van der Waals surface area contributed by atoms with Crippen LogP contribution in [0, 0.1) is 22.7 Å². The van der Waals surface area contributed by atoms with Crippen molar-refractivity contribution in [1.29, 1.82) is 0 Å². The molecule has 24 heavy (non-hydrogen) atoms. The van der Waals surface area contributed by atoms with Crippen molar-refractivity contribution in [3.8, 4) is 0 Å². The molecule has 0 aromatic rings. The standard InChI is InChI=1S/C21H30O3/c1-14-13-21-10-6-15(14)12-16(21)20(5,17(22)7-11-21)9-8-18(23)24-19(2,3)4/h7,11,15-16H,1,6,8-10,12-13H2,2-5H3/t15?,16?,20-,21?/m0/s1. The molecule has 0 aromatic carbocycles. The molecule has 1 spiro atoms. The zero-order chi connectivity index (χ0) is 17.8. The van der Waals surface area contributed by atoms with E-state index in [-0.39, 0.29) is 17.2 Å². The molecule has 3 fully saturated rings. The van der Waals surface area contributed by atoms with E-state index in [1.165, 1.54) is 12.0 Å². The van der Waals surface area contributed by atoms with Crippen LogP contribution in [-0.2, 0) is 14.3 Å². The number of rotatable bonds is 3. The molecule has 0 aliphatic heterocycles. The predicted octanol–water partition coefficient (Wildman–Crippen LogP) is 4.62. The number of ether oxygens (including phenoxy) is 1. The molecule has 132 valence electrons. The average molecular weight is 330 g/mol. The normalized spacial score (nSPS) is 38.2. The van der Waals surface area contributed by atoms with E-state index in [0.29, 0.717) is 24.7 Å². The largest absolute Gasteiger partial charge is 0.460 e. The van der Waals surface area contributed by atoms with Gasteiger partial charge in [-0.15, -0.1) is 0 Å². The van der Waals surface area contributed by atoms with Gasteiger partial charge in [-0.2, -0.15) is 0 Å².